The van der Waals surface area contributed by atoms with Gasteiger partial charge in [-0.1, -0.05) is 6.42 Å². The molecule has 108 valence electrons. The minimum atomic E-state index is -0.587. The number of aliphatic carboxylic acids is 1. The highest BCUT2D eigenvalue weighted by Gasteiger charge is 2.34. The second-order valence-electron chi connectivity index (χ2n) is 6.52. The molecule has 1 N–H and O–H groups in total. The molecular weight excluding hydrogens is 240 g/mol. The number of fused-ring (bicyclic) bond motifs is 1. The van der Waals surface area contributed by atoms with Gasteiger partial charge in [-0.2, -0.15) is 0 Å². The maximum atomic E-state index is 11.0. The fourth-order valence-corrected chi connectivity index (χ4v) is 4.20. The van der Waals surface area contributed by atoms with Crippen LogP contribution in [0.25, 0.3) is 0 Å². The molecule has 2 saturated heterocycles. The molecule has 3 rings (SSSR count). The lowest BCUT2D eigenvalue weighted by atomic mass is 9.84. The number of hydrogen-bond acceptors (Lipinski definition) is 3. The van der Waals surface area contributed by atoms with E-state index in [-0.39, 0.29) is 5.92 Å². The monoisotopic (exact) mass is 266 g/mol. The van der Waals surface area contributed by atoms with Crippen LogP contribution >= 0.6 is 0 Å². The van der Waals surface area contributed by atoms with Crippen LogP contribution in [0.4, 0.5) is 0 Å². The summed E-state index contributed by atoms with van der Waals surface area (Å²) in [7, 11) is 0. The van der Waals surface area contributed by atoms with Gasteiger partial charge >= 0.3 is 5.97 Å². The van der Waals surface area contributed by atoms with Gasteiger partial charge in [0.1, 0.15) is 0 Å². The smallest absolute Gasteiger partial charge is 0.306 e. The zero-order chi connectivity index (χ0) is 13.2. The zero-order valence-corrected chi connectivity index (χ0v) is 11.8. The summed E-state index contributed by atoms with van der Waals surface area (Å²) in [4.78, 5) is 16.3. The summed E-state index contributed by atoms with van der Waals surface area (Å²) in [6.45, 7) is 4.94. The largest absolute Gasteiger partial charge is 0.481 e. The highest BCUT2D eigenvalue weighted by Crippen LogP contribution is 2.30. The highest BCUT2D eigenvalue weighted by molar-refractivity contribution is 5.70. The molecule has 1 aliphatic carbocycles. The van der Waals surface area contributed by atoms with E-state index >= 15 is 0 Å². The predicted octanol–water partition coefficient (Wildman–Crippen LogP) is 1.80. The molecule has 4 heteroatoms. The maximum absolute atomic E-state index is 11.0. The lowest BCUT2D eigenvalue weighted by Crippen LogP contribution is -2.57. The van der Waals surface area contributed by atoms with Crippen LogP contribution in [0.1, 0.15) is 44.9 Å². The average Bonchev–Trinajstić information content (AvgIpc) is 2.47. The van der Waals surface area contributed by atoms with Crippen LogP contribution < -0.4 is 0 Å². The Hall–Kier alpha value is -0.610. The number of carboxylic acid groups (broad SMARTS) is 1. The van der Waals surface area contributed by atoms with Gasteiger partial charge in [-0.05, 0) is 45.1 Å². The van der Waals surface area contributed by atoms with E-state index in [1.54, 1.807) is 0 Å². The maximum Gasteiger partial charge on any atom is 0.306 e. The summed E-state index contributed by atoms with van der Waals surface area (Å²) in [5.41, 5.74) is 0. The molecule has 0 aromatic heterocycles. The quantitative estimate of drug-likeness (QED) is 0.828. The van der Waals surface area contributed by atoms with Gasteiger partial charge in [0.2, 0.25) is 0 Å². The van der Waals surface area contributed by atoms with Crippen LogP contribution in [0.2, 0.25) is 0 Å². The second kappa shape index (κ2) is 5.80. The molecule has 0 aromatic carbocycles. The van der Waals surface area contributed by atoms with Crippen LogP contribution in [0.5, 0.6) is 0 Å². The van der Waals surface area contributed by atoms with Crippen LogP contribution in [0, 0.1) is 5.92 Å². The van der Waals surface area contributed by atoms with Crippen molar-refractivity contribution >= 4 is 5.97 Å². The zero-order valence-electron chi connectivity index (χ0n) is 11.8. The molecule has 0 amide bonds. The third-order valence-corrected chi connectivity index (χ3v) is 5.43. The van der Waals surface area contributed by atoms with Gasteiger partial charge in [-0.25, -0.2) is 0 Å². The van der Waals surface area contributed by atoms with Gasteiger partial charge in [0.05, 0.1) is 5.92 Å². The molecular formula is C15H26N2O2. The molecule has 19 heavy (non-hydrogen) atoms. The van der Waals surface area contributed by atoms with Crippen LogP contribution in [0.3, 0.4) is 0 Å². The fraction of sp³-hybridized carbons (Fsp3) is 0.933. The minimum absolute atomic E-state index is 0.0766. The van der Waals surface area contributed by atoms with Gasteiger partial charge in [0.25, 0.3) is 0 Å². The van der Waals surface area contributed by atoms with E-state index in [1.807, 2.05) is 0 Å². The molecule has 0 aromatic rings. The topological polar surface area (TPSA) is 43.8 Å². The minimum Gasteiger partial charge on any atom is -0.481 e. The Labute approximate surface area is 115 Å². The van der Waals surface area contributed by atoms with Crippen molar-refractivity contribution in [2.24, 2.45) is 5.92 Å². The van der Waals surface area contributed by atoms with Gasteiger partial charge in [-0.15, -0.1) is 0 Å². The van der Waals surface area contributed by atoms with E-state index < -0.39 is 5.97 Å². The lowest BCUT2D eigenvalue weighted by Gasteiger charge is -2.47. The Morgan fingerprint density at radius 2 is 1.58 bits per heavy atom. The van der Waals surface area contributed by atoms with E-state index in [2.05, 4.69) is 9.80 Å². The summed E-state index contributed by atoms with van der Waals surface area (Å²) in [5.74, 6) is -0.664. The lowest BCUT2D eigenvalue weighted by molar-refractivity contribution is -0.143. The first-order valence-electron chi connectivity index (χ1n) is 7.95. The van der Waals surface area contributed by atoms with E-state index in [0.29, 0.717) is 6.04 Å². The van der Waals surface area contributed by atoms with Crippen LogP contribution in [-0.2, 0) is 4.79 Å². The molecule has 2 heterocycles. The molecule has 0 bridgehead atoms. The van der Waals surface area contributed by atoms with Crippen molar-refractivity contribution in [1.82, 2.24) is 9.80 Å². The molecule has 0 radical (unpaired) electrons. The van der Waals surface area contributed by atoms with E-state index in [9.17, 15) is 4.79 Å². The normalized spacial score (nSPS) is 37.8. The van der Waals surface area contributed by atoms with Gasteiger partial charge < -0.3 is 5.11 Å². The number of nitrogens with zero attached hydrogens (tertiary/aromatic N) is 2. The molecule has 1 unspecified atom stereocenters. The average molecular weight is 266 g/mol. The van der Waals surface area contributed by atoms with Crippen molar-refractivity contribution in [3.8, 4) is 0 Å². The SMILES string of the molecule is O=C(O)C1CCC(N2CCN3CCCCC3C2)CC1. The van der Waals surface area contributed by atoms with Gasteiger partial charge in [0, 0.05) is 31.7 Å². The summed E-state index contributed by atoms with van der Waals surface area (Å²) in [5, 5.41) is 9.07. The van der Waals surface area contributed by atoms with Crippen LogP contribution in [0.15, 0.2) is 0 Å². The first kappa shape index (κ1) is 13.4. The molecule has 3 fully saturated rings. The summed E-state index contributed by atoms with van der Waals surface area (Å²) in [6, 6.07) is 1.43. The fourth-order valence-electron chi connectivity index (χ4n) is 4.20. The summed E-state index contributed by atoms with van der Waals surface area (Å²) >= 11 is 0. The molecule has 4 nitrogen and oxygen atoms in total. The number of rotatable bonds is 2. The Kier molecular flexibility index (Phi) is 4.08. The first-order chi connectivity index (χ1) is 9.24. The van der Waals surface area contributed by atoms with Crippen molar-refractivity contribution in [2.75, 3.05) is 26.2 Å². The highest BCUT2D eigenvalue weighted by atomic mass is 16.4. The third kappa shape index (κ3) is 2.95. The second-order valence-corrected chi connectivity index (χ2v) is 6.52. The Morgan fingerprint density at radius 3 is 2.32 bits per heavy atom. The predicted molar refractivity (Wildman–Crippen MR) is 74.2 cm³/mol. The molecule has 1 atom stereocenters. The molecule has 0 spiro atoms. The van der Waals surface area contributed by atoms with Crippen molar-refractivity contribution in [1.29, 1.82) is 0 Å². The standard InChI is InChI=1S/C15H26N2O2/c18-15(19)12-4-6-13(7-5-12)17-10-9-16-8-2-1-3-14(16)11-17/h12-14H,1-11H2,(H,18,19). The van der Waals surface area contributed by atoms with Crippen molar-refractivity contribution in [3.63, 3.8) is 0 Å². The van der Waals surface area contributed by atoms with Crippen molar-refractivity contribution < 1.29 is 9.90 Å². The van der Waals surface area contributed by atoms with E-state index in [0.717, 1.165) is 31.7 Å². The Bertz CT molecular complexity index is 326. The number of hydrogen-bond donors (Lipinski definition) is 1. The number of carboxylic acids is 1. The van der Waals surface area contributed by atoms with E-state index in [4.69, 9.17) is 5.11 Å². The molecule has 3 aliphatic rings. The summed E-state index contributed by atoms with van der Waals surface area (Å²) in [6.07, 6.45) is 8.06. The van der Waals surface area contributed by atoms with Gasteiger partial charge in [-0.3, -0.25) is 14.6 Å². The third-order valence-electron chi connectivity index (χ3n) is 5.43. The summed E-state index contributed by atoms with van der Waals surface area (Å²) < 4.78 is 0. The number of piperidine rings is 1. The molecule has 1 saturated carbocycles. The van der Waals surface area contributed by atoms with Crippen molar-refractivity contribution in [3.05, 3.63) is 0 Å². The Morgan fingerprint density at radius 1 is 0.842 bits per heavy atom. The van der Waals surface area contributed by atoms with Crippen LogP contribution in [-0.4, -0.2) is 59.1 Å². The van der Waals surface area contributed by atoms with Crippen molar-refractivity contribution in [2.45, 2.75) is 57.0 Å². The van der Waals surface area contributed by atoms with Gasteiger partial charge in [0.15, 0.2) is 0 Å². The van der Waals surface area contributed by atoms with E-state index in [1.165, 1.54) is 45.4 Å². The first-order valence-corrected chi connectivity index (χ1v) is 7.95. The number of piperazine rings is 1. The number of carbonyl (C=O) groups is 1. The Balaban J connectivity index is 1.52. The molecule has 2 aliphatic heterocycles.